The maximum atomic E-state index is 13.4. The lowest BCUT2D eigenvalue weighted by Gasteiger charge is -2.32. The Kier molecular flexibility index (Phi) is 6.20. The van der Waals surface area contributed by atoms with Crippen molar-refractivity contribution < 1.29 is 24.2 Å². The van der Waals surface area contributed by atoms with Crippen LogP contribution in [0.25, 0.3) is 6.08 Å². The second-order valence-corrected chi connectivity index (χ2v) is 8.69. The Labute approximate surface area is 202 Å². The zero-order valence-corrected chi connectivity index (χ0v) is 19.0. The molecule has 0 saturated carbocycles. The predicted octanol–water partition coefficient (Wildman–Crippen LogP) is 4.02. The largest absolute Gasteiger partial charge is 0.478 e. The Morgan fingerprint density at radius 3 is 2.31 bits per heavy atom. The minimum Gasteiger partial charge on any atom is -0.478 e. The number of aliphatic hydroxyl groups is 1. The van der Waals surface area contributed by atoms with E-state index in [1.807, 2.05) is 30.3 Å². The molecule has 0 unspecified atom stereocenters. The van der Waals surface area contributed by atoms with Crippen LogP contribution in [-0.2, 0) is 4.79 Å². The van der Waals surface area contributed by atoms with Gasteiger partial charge in [-0.15, -0.1) is 0 Å². The highest BCUT2D eigenvalue weighted by molar-refractivity contribution is 6.37. The van der Waals surface area contributed by atoms with Gasteiger partial charge in [0, 0.05) is 30.9 Å². The number of amides is 1. The Balaban J connectivity index is 1.42. The summed E-state index contributed by atoms with van der Waals surface area (Å²) in [5.41, 5.74) is 4.18. The maximum Gasteiger partial charge on any atom is 0.335 e. The fourth-order valence-corrected chi connectivity index (χ4v) is 4.40. The molecule has 8 heteroatoms. The molecule has 178 valence electrons. The van der Waals surface area contributed by atoms with Crippen molar-refractivity contribution in [3.63, 3.8) is 0 Å². The molecule has 1 fully saturated rings. The molecule has 1 saturated heterocycles. The first kappa shape index (κ1) is 22.6. The average molecular weight is 472 g/mol. The standard InChI is InChI=1S/C27H25N3O5/c31-16-19-9-12-29(13-10-19)22-5-1-18(2-6-22)15-24-25(21-11-14-35-17-21)28-30(26(24)32)23-7-3-20(4-8-23)27(33)34/h1-8,11,14-15,17,19,31H,9-10,12-13,16H2,(H,33,34)/b24-15-. The molecule has 2 aliphatic heterocycles. The third kappa shape index (κ3) is 4.61. The first-order valence-electron chi connectivity index (χ1n) is 11.5. The molecule has 0 aliphatic carbocycles. The number of furan rings is 1. The van der Waals surface area contributed by atoms with Crippen molar-refractivity contribution in [2.24, 2.45) is 11.0 Å². The zero-order valence-electron chi connectivity index (χ0n) is 19.0. The maximum absolute atomic E-state index is 13.4. The summed E-state index contributed by atoms with van der Waals surface area (Å²) in [6, 6.07) is 15.8. The van der Waals surface area contributed by atoms with E-state index in [9.17, 15) is 14.7 Å². The van der Waals surface area contributed by atoms with E-state index in [1.165, 1.54) is 29.7 Å². The molecular weight excluding hydrogens is 446 g/mol. The number of piperidine rings is 1. The van der Waals surface area contributed by atoms with Gasteiger partial charge in [0.1, 0.15) is 5.71 Å². The van der Waals surface area contributed by atoms with E-state index in [0.29, 0.717) is 28.5 Å². The third-order valence-corrected chi connectivity index (χ3v) is 6.47. The molecule has 0 atom stereocenters. The Bertz CT molecular complexity index is 1270. The number of aliphatic hydroxyl groups excluding tert-OH is 1. The number of nitrogens with zero attached hydrogens (tertiary/aromatic N) is 3. The minimum absolute atomic E-state index is 0.135. The molecule has 3 aromatic rings. The number of benzene rings is 2. The van der Waals surface area contributed by atoms with Crippen molar-refractivity contribution in [3.8, 4) is 0 Å². The summed E-state index contributed by atoms with van der Waals surface area (Å²) in [5, 5.41) is 24.3. The number of hydrogen-bond donors (Lipinski definition) is 2. The fraction of sp³-hybridized carbons (Fsp3) is 0.222. The van der Waals surface area contributed by atoms with Crippen LogP contribution in [-0.4, -0.2) is 47.5 Å². The molecule has 2 aliphatic rings. The van der Waals surface area contributed by atoms with Crippen molar-refractivity contribution >= 4 is 35.0 Å². The van der Waals surface area contributed by atoms with Crippen LogP contribution >= 0.6 is 0 Å². The molecule has 2 N–H and O–H groups in total. The van der Waals surface area contributed by atoms with E-state index in [4.69, 9.17) is 9.52 Å². The molecule has 0 radical (unpaired) electrons. The van der Waals surface area contributed by atoms with Gasteiger partial charge in [-0.2, -0.15) is 10.1 Å². The van der Waals surface area contributed by atoms with Crippen LogP contribution in [0.4, 0.5) is 11.4 Å². The molecule has 1 amide bonds. The topological polar surface area (TPSA) is 107 Å². The third-order valence-electron chi connectivity index (χ3n) is 6.47. The number of carbonyl (C=O) groups excluding carboxylic acids is 1. The van der Waals surface area contributed by atoms with Crippen LogP contribution in [0.3, 0.4) is 0 Å². The molecule has 35 heavy (non-hydrogen) atoms. The second kappa shape index (κ2) is 9.60. The van der Waals surface area contributed by atoms with Gasteiger partial charge in [-0.3, -0.25) is 4.79 Å². The van der Waals surface area contributed by atoms with Gasteiger partial charge in [0.05, 0.1) is 29.4 Å². The van der Waals surface area contributed by atoms with Gasteiger partial charge in [0.25, 0.3) is 5.91 Å². The average Bonchev–Trinajstić information content (AvgIpc) is 3.53. The van der Waals surface area contributed by atoms with Crippen LogP contribution in [0.15, 0.2) is 82.2 Å². The zero-order chi connectivity index (χ0) is 24.4. The number of hydrogen-bond acceptors (Lipinski definition) is 6. The lowest BCUT2D eigenvalue weighted by Crippen LogP contribution is -2.34. The van der Waals surface area contributed by atoms with Gasteiger partial charge in [0.15, 0.2) is 0 Å². The second-order valence-electron chi connectivity index (χ2n) is 8.69. The van der Waals surface area contributed by atoms with Crippen molar-refractivity contribution in [3.05, 3.63) is 89.4 Å². The molecule has 0 spiro atoms. The molecule has 0 bridgehead atoms. The molecular formula is C27H25N3O5. The number of carboxylic acids is 1. The first-order chi connectivity index (χ1) is 17.0. The number of carboxylic acid groups (broad SMARTS) is 1. The summed E-state index contributed by atoms with van der Waals surface area (Å²) in [6.45, 7) is 2.07. The van der Waals surface area contributed by atoms with Crippen LogP contribution in [0.2, 0.25) is 0 Å². The van der Waals surface area contributed by atoms with Crippen molar-refractivity contribution in [1.29, 1.82) is 0 Å². The number of anilines is 2. The van der Waals surface area contributed by atoms with Crippen LogP contribution < -0.4 is 9.91 Å². The van der Waals surface area contributed by atoms with Crippen molar-refractivity contribution in [1.82, 2.24) is 0 Å². The highest BCUT2D eigenvalue weighted by Crippen LogP contribution is 2.29. The van der Waals surface area contributed by atoms with E-state index in [-0.39, 0.29) is 18.1 Å². The summed E-state index contributed by atoms with van der Waals surface area (Å²) in [5.74, 6) is -0.958. The van der Waals surface area contributed by atoms with E-state index in [0.717, 1.165) is 37.2 Å². The summed E-state index contributed by atoms with van der Waals surface area (Å²) in [6.07, 6.45) is 6.83. The van der Waals surface area contributed by atoms with Gasteiger partial charge >= 0.3 is 5.97 Å². The monoisotopic (exact) mass is 471 g/mol. The van der Waals surface area contributed by atoms with Crippen molar-refractivity contribution in [2.45, 2.75) is 12.8 Å². The van der Waals surface area contributed by atoms with Gasteiger partial charge < -0.3 is 19.5 Å². The molecule has 5 rings (SSSR count). The minimum atomic E-state index is -1.03. The summed E-state index contributed by atoms with van der Waals surface area (Å²) < 4.78 is 5.22. The summed E-state index contributed by atoms with van der Waals surface area (Å²) in [7, 11) is 0. The first-order valence-corrected chi connectivity index (χ1v) is 11.5. The van der Waals surface area contributed by atoms with E-state index >= 15 is 0 Å². The van der Waals surface area contributed by atoms with Gasteiger partial charge in [-0.05, 0) is 72.9 Å². The van der Waals surface area contributed by atoms with Gasteiger partial charge in [-0.1, -0.05) is 12.1 Å². The molecule has 3 heterocycles. The lowest BCUT2D eigenvalue weighted by atomic mass is 9.97. The molecule has 8 nitrogen and oxygen atoms in total. The van der Waals surface area contributed by atoms with Gasteiger partial charge in [0.2, 0.25) is 0 Å². The van der Waals surface area contributed by atoms with Crippen LogP contribution in [0, 0.1) is 5.92 Å². The highest BCUT2D eigenvalue weighted by Gasteiger charge is 2.32. The Morgan fingerprint density at radius 2 is 1.71 bits per heavy atom. The highest BCUT2D eigenvalue weighted by atomic mass is 16.4. The lowest BCUT2D eigenvalue weighted by molar-refractivity contribution is -0.114. The van der Waals surface area contributed by atoms with E-state index in [2.05, 4.69) is 10.0 Å². The number of aromatic carboxylic acids is 1. The van der Waals surface area contributed by atoms with Crippen LogP contribution in [0.5, 0.6) is 0 Å². The summed E-state index contributed by atoms with van der Waals surface area (Å²) >= 11 is 0. The van der Waals surface area contributed by atoms with E-state index < -0.39 is 5.97 Å². The van der Waals surface area contributed by atoms with Crippen LogP contribution in [0.1, 0.15) is 34.3 Å². The smallest absolute Gasteiger partial charge is 0.335 e. The molecule has 1 aromatic heterocycles. The van der Waals surface area contributed by atoms with E-state index in [1.54, 1.807) is 18.2 Å². The number of hydrazone groups is 1. The number of rotatable bonds is 6. The summed E-state index contributed by atoms with van der Waals surface area (Å²) in [4.78, 5) is 26.9. The van der Waals surface area contributed by atoms with Gasteiger partial charge in [-0.25, -0.2) is 4.79 Å². The SMILES string of the molecule is O=C(O)c1ccc(N2N=C(c3ccoc3)/C(=C/c3ccc(N4CCC(CO)CC4)cc3)C2=O)cc1. The Hall–Kier alpha value is -4.17. The Morgan fingerprint density at radius 1 is 1.03 bits per heavy atom. The quantitative estimate of drug-likeness (QED) is 0.526. The molecule has 2 aromatic carbocycles. The normalized spacial score (nSPS) is 17.8. The van der Waals surface area contributed by atoms with Crippen molar-refractivity contribution in [2.75, 3.05) is 29.6 Å². The predicted molar refractivity (Wildman–Crippen MR) is 133 cm³/mol. The fourth-order valence-electron chi connectivity index (χ4n) is 4.40. The number of carbonyl (C=O) groups is 2.